The molecule has 0 saturated carbocycles. The minimum atomic E-state index is -0.816. The molecule has 1 aliphatic rings. The van der Waals surface area contributed by atoms with Gasteiger partial charge in [-0.25, -0.2) is 4.98 Å². The fourth-order valence-corrected chi connectivity index (χ4v) is 5.93. The number of rotatable bonds is 4. The van der Waals surface area contributed by atoms with Gasteiger partial charge in [-0.05, 0) is 72.4 Å². The van der Waals surface area contributed by atoms with Crippen molar-refractivity contribution in [1.29, 1.82) is 0 Å². The summed E-state index contributed by atoms with van der Waals surface area (Å²) in [6.07, 6.45) is 0. The lowest BCUT2D eigenvalue weighted by molar-refractivity contribution is -0.132. The zero-order chi connectivity index (χ0) is 25.7. The Hall–Kier alpha value is -3.48. The number of fused-ring (bicyclic) bond motifs is 1. The van der Waals surface area contributed by atoms with E-state index in [0.717, 1.165) is 32.5 Å². The molecule has 36 heavy (non-hydrogen) atoms. The van der Waals surface area contributed by atoms with Crippen LogP contribution in [0.25, 0.3) is 16.0 Å². The Morgan fingerprint density at radius 3 is 2.33 bits per heavy atom. The predicted octanol–water partition coefficient (Wildman–Crippen LogP) is 7.32. The minimum absolute atomic E-state index is 0.0341. The number of carbonyl (C=O) groups excluding carboxylic acids is 2. The van der Waals surface area contributed by atoms with Crippen LogP contribution in [0.2, 0.25) is 5.02 Å². The van der Waals surface area contributed by atoms with Gasteiger partial charge in [-0.3, -0.25) is 14.5 Å². The molecule has 5 nitrogen and oxygen atoms in total. The first-order valence-electron chi connectivity index (χ1n) is 11.7. The lowest BCUT2D eigenvalue weighted by Crippen LogP contribution is -2.29. The molecule has 1 amide bonds. The summed E-state index contributed by atoms with van der Waals surface area (Å²) in [5.74, 6) is -1.36. The molecule has 0 spiro atoms. The van der Waals surface area contributed by atoms with E-state index in [4.69, 9.17) is 16.6 Å². The van der Waals surface area contributed by atoms with Crippen molar-refractivity contribution in [2.75, 3.05) is 4.90 Å². The first kappa shape index (κ1) is 24.2. The summed E-state index contributed by atoms with van der Waals surface area (Å²) in [4.78, 5) is 33.1. The van der Waals surface area contributed by atoms with Crippen molar-refractivity contribution in [2.45, 2.75) is 39.7 Å². The summed E-state index contributed by atoms with van der Waals surface area (Å²) < 4.78 is 0.941. The normalized spacial score (nSPS) is 17.5. The fraction of sp³-hybridized carbons (Fsp3) is 0.207. The summed E-state index contributed by atoms with van der Waals surface area (Å²) in [7, 11) is 0. The SMILES string of the molecule is Cc1cc(C)c2nc(N3C(=O)C(=O)C(=C(O)c4ccc(Cl)cc4)C3c3ccc(C(C)C)cc3)sc2c1. The van der Waals surface area contributed by atoms with Crippen molar-refractivity contribution in [3.63, 3.8) is 0 Å². The van der Waals surface area contributed by atoms with Gasteiger partial charge in [0, 0.05) is 10.6 Å². The number of anilines is 1. The van der Waals surface area contributed by atoms with Crippen LogP contribution in [0, 0.1) is 13.8 Å². The monoisotopic (exact) mass is 516 g/mol. The first-order valence-corrected chi connectivity index (χ1v) is 12.9. The van der Waals surface area contributed by atoms with Crippen LogP contribution >= 0.6 is 22.9 Å². The standard InChI is InChI=1S/C29H25ClN2O3S/c1-15(2)18-5-7-19(8-6-18)25-23(26(33)20-9-11-21(30)12-10-20)27(34)28(35)32(25)29-31-24-17(4)13-16(3)14-22(24)36-29/h5-15,25,33H,1-4H3. The van der Waals surface area contributed by atoms with Gasteiger partial charge in [0.05, 0.1) is 21.8 Å². The van der Waals surface area contributed by atoms with Crippen LogP contribution < -0.4 is 4.90 Å². The van der Waals surface area contributed by atoms with E-state index in [-0.39, 0.29) is 11.3 Å². The van der Waals surface area contributed by atoms with E-state index in [1.165, 1.54) is 16.2 Å². The maximum atomic E-state index is 13.5. The van der Waals surface area contributed by atoms with E-state index in [1.54, 1.807) is 24.3 Å². The lowest BCUT2D eigenvalue weighted by atomic mass is 9.93. The number of nitrogens with zero attached hydrogens (tertiary/aromatic N) is 2. The van der Waals surface area contributed by atoms with Crippen LogP contribution in [0.4, 0.5) is 5.13 Å². The maximum Gasteiger partial charge on any atom is 0.301 e. The molecule has 1 fully saturated rings. The molecule has 2 heterocycles. The topological polar surface area (TPSA) is 70.5 Å². The van der Waals surface area contributed by atoms with Crippen molar-refractivity contribution in [3.8, 4) is 0 Å². The number of halogens is 1. The Labute approximate surface area is 218 Å². The molecule has 0 aliphatic carbocycles. The molecular formula is C29H25ClN2O3S. The Bertz CT molecular complexity index is 1540. The molecule has 1 aliphatic heterocycles. The number of thiazole rings is 1. The van der Waals surface area contributed by atoms with Gasteiger partial charge in [-0.15, -0.1) is 0 Å². The first-order chi connectivity index (χ1) is 17.2. The number of ketones is 1. The maximum absolute atomic E-state index is 13.5. The van der Waals surface area contributed by atoms with Crippen LogP contribution in [0.3, 0.4) is 0 Å². The molecule has 1 aromatic heterocycles. The van der Waals surface area contributed by atoms with E-state index in [9.17, 15) is 14.7 Å². The van der Waals surface area contributed by atoms with Crippen LogP contribution in [0.1, 0.15) is 53.6 Å². The summed E-state index contributed by atoms with van der Waals surface area (Å²) >= 11 is 7.39. The summed E-state index contributed by atoms with van der Waals surface area (Å²) in [6, 6.07) is 17.6. The van der Waals surface area contributed by atoms with Gasteiger partial charge in [0.1, 0.15) is 5.76 Å². The Kier molecular flexibility index (Phi) is 6.18. The second kappa shape index (κ2) is 9.19. The molecule has 1 atom stereocenters. The number of amides is 1. The van der Waals surface area contributed by atoms with E-state index in [2.05, 4.69) is 13.8 Å². The molecule has 182 valence electrons. The average molecular weight is 517 g/mol. The molecule has 1 saturated heterocycles. The molecule has 3 aromatic carbocycles. The predicted molar refractivity (Wildman–Crippen MR) is 146 cm³/mol. The molecule has 0 bridgehead atoms. The number of hydrogen-bond donors (Lipinski definition) is 1. The van der Waals surface area contributed by atoms with Gasteiger partial charge in [0.2, 0.25) is 0 Å². The van der Waals surface area contributed by atoms with Gasteiger partial charge in [0.25, 0.3) is 5.78 Å². The number of aliphatic hydroxyl groups excluding tert-OH is 1. The quantitative estimate of drug-likeness (QED) is 0.175. The molecule has 7 heteroatoms. The highest BCUT2D eigenvalue weighted by Crippen LogP contribution is 2.45. The van der Waals surface area contributed by atoms with E-state index < -0.39 is 17.7 Å². The highest BCUT2D eigenvalue weighted by Gasteiger charge is 2.48. The zero-order valence-electron chi connectivity index (χ0n) is 20.4. The highest BCUT2D eigenvalue weighted by molar-refractivity contribution is 7.22. The molecule has 0 radical (unpaired) electrons. The van der Waals surface area contributed by atoms with Gasteiger partial charge in [0.15, 0.2) is 5.13 Å². The molecule has 1 unspecified atom stereocenters. The number of carbonyl (C=O) groups is 2. The summed E-state index contributed by atoms with van der Waals surface area (Å²) in [6.45, 7) is 8.20. The van der Waals surface area contributed by atoms with Gasteiger partial charge >= 0.3 is 5.91 Å². The number of aliphatic hydroxyl groups is 1. The number of hydrogen-bond acceptors (Lipinski definition) is 5. The van der Waals surface area contributed by atoms with Crippen molar-refractivity contribution in [3.05, 3.63) is 99.1 Å². The third kappa shape index (κ3) is 4.10. The van der Waals surface area contributed by atoms with Crippen LogP contribution in [-0.4, -0.2) is 21.8 Å². The van der Waals surface area contributed by atoms with Crippen LogP contribution in [0.5, 0.6) is 0 Å². The van der Waals surface area contributed by atoms with Crippen molar-refractivity contribution in [1.82, 2.24) is 4.98 Å². The Morgan fingerprint density at radius 2 is 1.69 bits per heavy atom. The average Bonchev–Trinajstić information content (AvgIpc) is 3.38. The third-order valence-electron chi connectivity index (χ3n) is 6.51. The number of Topliss-reactive ketones (excluding diaryl/α,β-unsaturated/α-hetero) is 1. The smallest absolute Gasteiger partial charge is 0.301 e. The second-order valence-corrected chi connectivity index (χ2v) is 10.9. The molecule has 4 aromatic rings. The largest absolute Gasteiger partial charge is 0.507 e. The number of benzene rings is 3. The van der Waals surface area contributed by atoms with Crippen molar-refractivity contribution < 1.29 is 14.7 Å². The van der Waals surface area contributed by atoms with Gasteiger partial charge in [-0.1, -0.05) is 67.1 Å². The Balaban J connectivity index is 1.73. The van der Waals surface area contributed by atoms with E-state index in [0.29, 0.717) is 21.6 Å². The number of aromatic nitrogens is 1. The van der Waals surface area contributed by atoms with Crippen LogP contribution in [-0.2, 0) is 9.59 Å². The Morgan fingerprint density at radius 1 is 1.03 bits per heavy atom. The van der Waals surface area contributed by atoms with E-state index in [1.807, 2.05) is 50.2 Å². The summed E-state index contributed by atoms with van der Waals surface area (Å²) in [5.41, 5.74) is 5.21. The minimum Gasteiger partial charge on any atom is -0.507 e. The van der Waals surface area contributed by atoms with Crippen molar-refractivity contribution in [2.24, 2.45) is 0 Å². The summed E-state index contributed by atoms with van der Waals surface area (Å²) in [5, 5.41) is 12.2. The molecule has 1 N–H and O–H groups in total. The second-order valence-electron chi connectivity index (χ2n) is 9.42. The molecular weight excluding hydrogens is 492 g/mol. The fourth-order valence-electron chi connectivity index (χ4n) is 4.63. The van der Waals surface area contributed by atoms with Crippen molar-refractivity contribution >= 4 is 55.7 Å². The molecule has 5 rings (SSSR count). The van der Waals surface area contributed by atoms with E-state index >= 15 is 0 Å². The van der Waals surface area contributed by atoms with Gasteiger partial charge in [-0.2, -0.15) is 0 Å². The van der Waals surface area contributed by atoms with Gasteiger partial charge < -0.3 is 5.11 Å². The third-order valence-corrected chi connectivity index (χ3v) is 7.76. The number of aryl methyl sites for hydroxylation is 2. The van der Waals surface area contributed by atoms with Crippen LogP contribution in [0.15, 0.2) is 66.2 Å². The highest BCUT2D eigenvalue weighted by atomic mass is 35.5. The lowest BCUT2D eigenvalue weighted by Gasteiger charge is -2.23. The zero-order valence-corrected chi connectivity index (χ0v) is 21.9.